The molecular weight excluding hydrogens is 376 g/mol. The number of hydrogen-bond donors (Lipinski definition) is 2. The normalized spacial score (nSPS) is 14.6. The van der Waals surface area contributed by atoms with Crippen LogP contribution in [0.15, 0.2) is 18.3 Å². The first-order valence-electron chi connectivity index (χ1n) is 8.64. The number of ether oxygens (including phenoxy) is 1. The molecule has 2 rings (SSSR count). The van der Waals surface area contributed by atoms with Crippen LogP contribution in [-0.4, -0.2) is 66.0 Å². The van der Waals surface area contributed by atoms with Gasteiger partial charge in [-0.2, -0.15) is 8.78 Å². The van der Waals surface area contributed by atoms with Gasteiger partial charge in [-0.25, -0.2) is 9.78 Å². The van der Waals surface area contributed by atoms with Crippen molar-refractivity contribution in [2.75, 3.05) is 31.1 Å². The molecule has 154 valence electrons. The molecule has 9 nitrogen and oxygen atoms in total. The third kappa shape index (κ3) is 6.03. The van der Waals surface area contributed by atoms with Crippen molar-refractivity contribution in [3.8, 4) is 0 Å². The smallest absolute Gasteiger partial charge is 0.410 e. The third-order valence-electron chi connectivity index (χ3n) is 3.76. The number of carbonyl (C=O) groups excluding carboxylic acids is 3. The fourth-order valence-corrected chi connectivity index (χ4v) is 2.40. The highest BCUT2D eigenvalue weighted by molar-refractivity contribution is 5.95. The summed E-state index contributed by atoms with van der Waals surface area (Å²) in [5, 5.41) is 0. The molecule has 0 saturated carbocycles. The average molecular weight is 399 g/mol. The molecule has 1 aliphatic rings. The Morgan fingerprint density at radius 3 is 2.25 bits per heavy atom. The van der Waals surface area contributed by atoms with Crippen molar-refractivity contribution >= 4 is 23.7 Å². The standard InChI is InChI=1S/C17H23F2N5O4/c1-17(2,3)28-16(27)24-8-6-23(7-9-24)12-5-4-11(10-20-12)14(25)21-22-15(26)13(18)19/h4-5,10,13H,6-9H2,1-3H3,(H,21,25)(H,22,26). The van der Waals surface area contributed by atoms with E-state index < -0.39 is 23.8 Å². The summed E-state index contributed by atoms with van der Waals surface area (Å²) in [6, 6.07) is 3.07. The van der Waals surface area contributed by atoms with Crippen LogP contribution in [0.25, 0.3) is 0 Å². The lowest BCUT2D eigenvalue weighted by Gasteiger charge is -2.36. The Balaban J connectivity index is 1.86. The van der Waals surface area contributed by atoms with Crippen LogP contribution in [0.2, 0.25) is 0 Å². The van der Waals surface area contributed by atoms with E-state index in [-0.39, 0.29) is 11.7 Å². The molecule has 0 aliphatic carbocycles. The number of hydrazine groups is 1. The summed E-state index contributed by atoms with van der Waals surface area (Å²) < 4.78 is 29.5. The van der Waals surface area contributed by atoms with Crippen LogP contribution >= 0.6 is 0 Å². The molecule has 1 aromatic heterocycles. The highest BCUT2D eigenvalue weighted by atomic mass is 19.3. The highest BCUT2D eigenvalue weighted by Crippen LogP contribution is 2.16. The summed E-state index contributed by atoms with van der Waals surface area (Å²) in [7, 11) is 0. The molecule has 0 aromatic carbocycles. The topological polar surface area (TPSA) is 104 Å². The molecule has 0 radical (unpaired) electrons. The zero-order valence-corrected chi connectivity index (χ0v) is 15.9. The van der Waals surface area contributed by atoms with Crippen LogP contribution < -0.4 is 15.8 Å². The minimum absolute atomic E-state index is 0.103. The van der Waals surface area contributed by atoms with Gasteiger partial charge in [0.15, 0.2) is 0 Å². The quantitative estimate of drug-likeness (QED) is 0.740. The lowest BCUT2D eigenvalue weighted by Crippen LogP contribution is -2.50. The van der Waals surface area contributed by atoms with E-state index in [1.54, 1.807) is 16.4 Å². The number of rotatable bonds is 3. The number of carbonyl (C=O) groups is 3. The zero-order chi connectivity index (χ0) is 20.9. The molecule has 1 saturated heterocycles. The highest BCUT2D eigenvalue weighted by Gasteiger charge is 2.26. The number of halogens is 2. The van der Waals surface area contributed by atoms with Crippen LogP contribution in [0.5, 0.6) is 0 Å². The van der Waals surface area contributed by atoms with Crippen molar-refractivity contribution in [2.24, 2.45) is 0 Å². The molecule has 2 N–H and O–H groups in total. The third-order valence-corrected chi connectivity index (χ3v) is 3.76. The molecular formula is C17H23F2N5O4. The summed E-state index contributed by atoms with van der Waals surface area (Å²) in [6.07, 6.45) is -2.31. The largest absolute Gasteiger partial charge is 0.444 e. The molecule has 0 spiro atoms. The maximum atomic E-state index is 12.1. The molecule has 2 heterocycles. The monoisotopic (exact) mass is 399 g/mol. The lowest BCUT2D eigenvalue weighted by atomic mass is 10.2. The summed E-state index contributed by atoms with van der Waals surface area (Å²) in [5.41, 5.74) is 3.05. The van der Waals surface area contributed by atoms with E-state index in [1.165, 1.54) is 12.3 Å². The second kappa shape index (κ2) is 8.81. The Hall–Kier alpha value is -2.98. The molecule has 3 amide bonds. The molecule has 1 fully saturated rings. The number of pyridine rings is 1. The van der Waals surface area contributed by atoms with Crippen LogP contribution in [0.4, 0.5) is 19.4 Å². The Morgan fingerprint density at radius 2 is 1.75 bits per heavy atom. The number of alkyl halides is 2. The van der Waals surface area contributed by atoms with E-state index in [0.717, 1.165) is 0 Å². The van der Waals surface area contributed by atoms with Gasteiger partial charge in [-0.05, 0) is 32.9 Å². The first kappa shape index (κ1) is 21.3. The number of nitrogens with zero attached hydrogens (tertiary/aromatic N) is 3. The first-order chi connectivity index (χ1) is 13.1. The maximum Gasteiger partial charge on any atom is 0.410 e. The Labute approximate surface area is 161 Å². The van der Waals surface area contributed by atoms with Crippen molar-refractivity contribution in [2.45, 2.75) is 32.8 Å². The molecule has 28 heavy (non-hydrogen) atoms. The Kier molecular flexibility index (Phi) is 6.71. The van der Waals surface area contributed by atoms with E-state index in [1.807, 2.05) is 31.1 Å². The van der Waals surface area contributed by atoms with E-state index in [0.29, 0.717) is 32.0 Å². The number of aromatic nitrogens is 1. The van der Waals surface area contributed by atoms with E-state index >= 15 is 0 Å². The second-order valence-corrected chi connectivity index (χ2v) is 7.10. The summed E-state index contributed by atoms with van der Waals surface area (Å²) in [4.78, 5) is 42.4. The summed E-state index contributed by atoms with van der Waals surface area (Å²) >= 11 is 0. The molecule has 0 unspecified atom stereocenters. The van der Waals surface area contributed by atoms with Gasteiger partial charge >= 0.3 is 18.4 Å². The molecule has 1 aliphatic heterocycles. The van der Waals surface area contributed by atoms with Gasteiger partial charge in [0.05, 0.1) is 5.56 Å². The van der Waals surface area contributed by atoms with Crippen molar-refractivity contribution in [3.05, 3.63) is 23.9 Å². The fourth-order valence-electron chi connectivity index (χ4n) is 2.40. The van der Waals surface area contributed by atoms with Crippen LogP contribution in [-0.2, 0) is 9.53 Å². The van der Waals surface area contributed by atoms with Gasteiger partial charge in [-0.3, -0.25) is 20.4 Å². The van der Waals surface area contributed by atoms with Crippen LogP contribution in [0, 0.1) is 0 Å². The predicted molar refractivity (Wildman–Crippen MR) is 95.9 cm³/mol. The van der Waals surface area contributed by atoms with Crippen molar-refractivity contribution in [3.63, 3.8) is 0 Å². The van der Waals surface area contributed by atoms with E-state index in [2.05, 4.69) is 4.98 Å². The molecule has 0 atom stereocenters. The van der Waals surface area contributed by atoms with Gasteiger partial charge in [0, 0.05) is 32.4 Å². The number of amides is 3. The number of piperazine rings is 1. The number of anilines is 1. The Bertz CT molecular complexity index is 713. The SMILES string of the molecule is CC(C)(C)OC(=O)N1CCN(c2ccc(C(=O)NNC(=O)C(F)F)cn2)CC1. The second-order valence-electron chi connectivity index (χ2n) is 7.10. The average Bonchev–Trinajstić information content (AvgIpc) is 2.64. The van der Waals surface area contributed by atoms with Crippen molar-refractivity contribution in [1.29, 1.82) is 0 Å². The van der Waals surface area contributed by atoms with Gasteiger partial charge < -0.3 is 14.5 Å². The Morgan fingerprint density at radius 1 is 1.11 bits per heavy atom. The predicted octanol–water partition coefficient (Wildman–Crippen LogP) is 1.16. The first-order valence-corrected chi connectivity index (χ1v) is 8.64. The molecule has 0 bridgehead atoms. The van der Waals surface area contributed by atoms with Gasteiger partial charge in [-0.15, -0.1) is 0 Å². The van der Waals surface area contributed by atoms with E-state index in [4.69, 9.17) is 4.74 Å². The zero-order valence-electron chi connectivity index (χ0n) is 15.9. The maximum absolute atomic E-state index is 12.1. The van der Waals surface area contributed by atoms with Crippen molar-refractivity contribution in [1.82, 2.24) is 20.7 Å². The number of hydrogen-bond acceptors (Lipinski definition) is 6. The fraction of sp³-hybridized carbons (Fsp3) is 0.529. The minimum Gasteiger partial charge on any atom is -0.444 e. The van der Waals surface area contributed by atoms with Crippen LogP contribution in [0.1, 0.15) is 31.1 Å². The lowest BCUT2D eigenvalue weighted by molar-refractivity contribution is -0.132. The molecule has 1 aromatic rings. The number of nitrogens with one attached hydrogen (secondary N) is 2. The minimum atomic E-state index is -3.22. The van der Waals surface area contributed by atoms with Gasteiger partial charge in [0.1, 0.15) is 11.4 Å². The molecule has 11 heteroatoms. The van der Waals surface area contributed by atoms with Crippen molar-refractivity contribution < 1.29 is 27.9 Å². The van der Waals surface area contributed by atoms with E-state index in [9.17, 15) is 23.2 Å². The summed E-state index contributed by atoms with van der Waals surface area (Å²) in [6.45, 7) is 7.45. The summed E-state index contributed by atoms with van der Waals surface area (Å²) in [5.74, 6) is -1.75. The van der Waals surface area contributed by atoms with Gasteiger partial charge in [0.25, 0.3) is 5.91 Å². The van der Waals surface area contributed by atoms with Gasteiger partial charge in [-0.1, -0.05) is 0 Å². The van der Waals surface area contributed by atoms with Crippen LogP contribution in [0.3, 0.4) is 0 Å². The van der Waals surface area contributed by atoms with Gasteiger partial charge in [0.2, 0.25) is 0 Å².